The summed E-state index contributed by atoms with van der Waals surface area (Å²) < 4.78 is 4.86. The lowest BCUT2D eigenvalue weighted by Gasteiger charge is -2.17. The molecule has 0 aromatic carbocycles. The maximum Gasteiger partial charge on any atom is 0.327 e. The minimum atomic E-state index is -0.815. The molecule has 2 unspecified atom stereocenters. The normalized spacial score (nSPS) is 13.9. The van der Waals surface area contributed by atoms with Gasteiger partial charge < -0.3 is 4.74 Å². The molecule has 17 heavy (non-hydrogen) atoms. The number of esters is 1. The van der Waals surface area contributed by atoms with Gasteiger partial charge in [-0.05, 0) is 37.2 Å². The lowest BCUT2D eigenvalue weighted by atomic mass is 9.88. The molecule has 0 saturated carbocycles. The predicted octanol–water partition coefficient (Wildman–Crippen LogP) is 3.32. The first-order valence-electron chi connectivity index (χ1n) is 6.16. The molecule has 0 saturated heterocycles. The van der Waals surface area contributed by atoms with Crippen LogP contribution in [0.4, 0.5) is 0 Å². The molecule has 0 bridgehead atoms. The van der Waals surface area contributed by atoms with Gasteiger partial charge in [0.25, 0.3) is 0 Å². The Bertz CT molecular complexity index is 302. The van der Waals surface area contributed by atoms with Crippen molar-refractivity contribution in [2.75, 3.05) is 6.61 Å². The van der Waals surface area contributed by atoms with Crippen molar-refractivity contribution in [2.45, 2.75) is 40.5 Å². The zero-order valence-corrected chi connectivity index (χ0v) is 11.3. The van der Waals surface area contributed by atoms with E-state index in [0.29, 0.717) is 30.4 Å². The molecule has 0 aromatic heterocycles. The van der Waals surface area contributed by atoms with Crippen LogP contribution in [0.25, 0.3) is 0 Å². The van der Waals surface area contributed by atoms with Crippen molar-refractivity contribution in [2.24, 2.45) is 17.8 Å². The molecule has 0 N–H and O–H groups in total. The summed E-state index contributed by atoms with van der Waals surface area (Å²) in [6, 6.07) is 1.97. The van der Waals surface area contributed by atoms with Crippen molar-refractivity contribution in [3.8, 4) is 6.07 Å². The smallest absolute Gasteiger partial charge is 0.327 e. The number of carbonyl (C=O) groups excluding carboxylic acids is 1. The van der Waals surface area contributed by atoms with Crippen LogP contribution in [0, 0.1) is 29.1 Å². The Kier molecular flexibility index (Phi) is 7.29. The van der Waals surface area contributed by atoms with Crippen LogP contribution in [0.15, 0.2) is 12.2 Å². The molecule has 0 fully saturated rings. The Morgan fingerprint density at radius 3 is 2.41 bits per heavy atom. The molecule has 0 spiro atoms. The Hall–Kier alpha value is -1.30. The third-order valence-corrected chi connectivity index (χ3v) is 2.54. The Morgan fingerprint density at radius 1 is 1.41 bits per heavy atom. The Balaban J connectivity index is 4.37. The molecule has 0 aromatic rings. The molecule has 0 aliphatic heterocycles. The highest BCUT2D eigenvalue weighted by molar-refractivity contribution is 5.78. The summed E-state index contributed by atoms with van der Waals surface area (Å²) in [5.74, 6) is -0.241. The molecule has 0 rings (SSSR count). The number of nitriles is 1. The minimum absolute atomic E-state index is 0.297. The van der Waals surface area contributed by atoms with Crippen LogP contribution >= 0.6 is 0 Å². The maximum atomic E-state index is 11.5. The number of nitrogens with zero attached hydrogens (tertiary/aromatic N) is 1. The molecule has 0 aliphatic carbocycles. The SMILES string of the molecule is C=C(CC(C)CC(C)C)C(C#N)C(=O)OCC. The molecule has 0 heterocycles. The fourth-order valence-electron chi connectivity index (χ4n) is 1.99. The van der Waals surface area contributed by atoms with Crippen molar-refractivity contribution in [1.29, 1.82) is 5.26 Å². The Labute approximate surface area is 104 Å². The lowest BCUT2D eigenvalue weighted by Crippen LogP contribution is -2.19. The molecule has 3 nitrogen and oxygen atoms in total. The van der Waals surface area contributed by atoms with Gasteiger partial charge in [0.1, 0.15) is 0 Å². The topological polar surface area (TPSA) is 50.1 Å². The number of carbonyl (C=O) groups is 1. The summed E-state index contributed by atoms with van der Waals surface area (Å²) in [5.41, 5.74) is 0.666. The highest BCUT2D eigenvalue weighted by Gasteiger charge is 2.23. The first kappa shape index (κ1) is 15.7. The summed E-state index contributed by atoms with van der Waals surface area (Å²) in [6.45, 7) is 12.3. The van der Waals surface area contributed by atoms with Crippen LogP contribution in [0.2, 0.25) is 0 Å². The fourth-order valence-corrected chi connectivity index (χ4v) is 1.99. The number of ether oxygens (including phenoxy) is 1. The number of hydrogen-bond acceptors (Lipinski definition) is 3. The second-order valence-corrected chi connectivity index (χ2v) is 4.91. The molecular weight excluding hydrogens is 214 g/mol. The first-order chi connectivity index (χ1) is 7.92. The van der Waals surface area contributed by atoms with Crippen molar-refractivity contribution in [3.05, 3.63) is 12.2 Å². The summed E-state index contributed by atoms with van der Waals surface area (Å²) in [7, 11) is 0. The zero-order valence-electron chi connectivity index (χ0n) is 11.3. The van der Waals surface area contributed by atoms with E-state index in [0.717, 1.165) is 6.42 Å². The van der Waals surface area contributed by atoms with E-state index in [1.165, 1.54) is 0 Å². The third-order valence-electron chi connectivity index (χ3n) is 2.54. The summed E-state index contributed by atoms with van der Waals surface area (Å²) in [4.78, 5) is 11.5. The van der Waals surface area contributed by atoms with Gasteiger partial charge in [0.05, 0.1) is 12.7 Å². The summed E-state index contributed by atoms with van der Waals surface area (Å²) >= 11 is 0. The van der Waals surface area contributed by atoms with Gasteiger partial charge in [0.2, 0.25) is 0 Å². The highest BCUT2D eigenvalue weighted by atomic mass is 16.5. The molecule has 3 heteroatoms. The molecule has 2 atom stereocenters. The molecule has 0 amide bonds. The van der Waals surface area contributed by atoms with Crippen molar-refractivity contribution in [1.82, 2.24) is 0 Å². The van der Waals surface area contributed by atoms with Gasteiger partial charge in [-0.25, -0.2) is 0 Å². The van der Waals surface area contributed by atoms with Crippen molar-refractivity contribution >= 4 is 5.97 Å². The van der Waals surface area contributed by atoms with Crippen LogP contribution in [0.3, 0.4) is 0 Å². The minimum Gasteiger partial charge on any atom is -0.465 e. The standard InChI is InChI=1S/C14H23NO2/c1-6-17-14(16)13(9-15)12(5)8-11(4)7-10(2)3/h10-11,13H,5-8H2,1-4H3. The van der Waals surface area contributed by atoms with Crippen molar-refractivity contribution in [3.63, 3.8) is 0 Å². The van der Waals surface area contributed by atoms with E-state index in [1.807, 2.05) is 6.07 Å². The monoisotopic (exact) mass is 237 g/mol. The van der Waals surface area contributed by atoms with Gasteiger partial charge in [-0.3, -0.25) is 4.79 Å². The first-order valence-corrected chi connectivity index (χ1v) is 6.16. The van der Waals surface area contributed by atoms with Crippen LogP contribution in [-0.4, -0.2) is 12.6 Å². The second kappa shape index (κ2) is 7.89. The largest absolute Gasteiger partial charge is 0.465 e. The summed E-state index contributed by atoms with van der Waals surface area (Å²) in [5, 5.41) is 8.98. The molecule has 0 radical (unpaired) electrons. The lowest BCUT2D eigenvalue weighted by molar-refractivity contribution is -0.144. The quantitative estimate of drug-likeness (QED) is 0.504. The molecule has 0 aliphatic rings. The zero-order chi connectivity index (χ0) is 13.4. The average Bonchev–Trinajstić information content (AvgIpc) is 2.17. The van der Waals surface area contributed by atoms with E-state index in [1.54, 1.807) is 6.92 Å². The molecule has 96 valence electrons. The van der Waals surface area contributed by atoms with Crippen LogP contribution in [0.1, 0.15) is 40.5 Å². The van der Waals surface area contributed by atoms with E-state index >= 15 is 0 Å². The van der Waals surface area contributed by atoms with E-state index < -0.39 is 11.9 Å². The highest BCUT2D eigenvalue weighted by Crippen LogP contribution is 2.23. The van der Waals surface area contributed by atoms with Gasteiger partial charge in [-0.2, -0.15) is 5.26 Å². The number of rotatable bonds is 7. The fraction of sp³-hybridized carbons (Fsp3) is 0.714. The van der Waals surface area contributed by atoms with Crippen molar-refractivity contribution < 1.29 is 9.53 Å². The second-order valence-electron chi connectivity index (χ2n) is 4.91. The van der Waals surface area contributed by atoms with Gasteiger partial charge in [-0.15, -0.1) is 0 Å². The van der Waals surface area contributed by atoms with E-state index in [-0.39, 0.29) is 0 Å². The van der Waals surface area contributed by atoms with Crippen LogP contribution in [0.5, 0.6) is 0 Å². The maximum absolute atomic E-state index is 11.5. The van der Waals surface area contributed by atoms with E-state index in [2.05, 4.69) is 27.4 Å². The third kappa shape index (κ3) is 6.11. The Morgan fingerprint density at radius 2 is 2.00 bits per heavy atom. The van der Waals surface area contributed by atoms with Gasteiger partial charge in [-0.1, -0.05) is 27.4 Å². The van der Waals surface area contributed by atoms with Gasteiger partial charge >= 0.3 is 5.97 Å². The van der Waals surface area contributed by atoms with Crippen LogP contribution < -0.4 is 0 Å². The van der Waals surface area contributed by atoms with E-state index in [9.17, 15) is 4.79 Å². The summed E-state index contributed by atoms with van der Waals surface area (Å²) in [6.07, 6.45) is 1.77. The van der Waals surface area contributed by atoms with Gasteiger partial charge in [0.15, 0.2) is 5.92 Å². The molecular formula is C14H23NO2. The van der Waals surface area contributed by atoms with Gasteiger partial charge in [0, 0.05) is 0 Å². The van der Waals surface area contributed by atoms with E-state index in [4.69, 9.17) is 10.00 Å². The van der Waals surface area contributed by atoms with Crippen LogP contribution in [-0.2, 0) is 9.53 Å². The number of hydrogen-bond donors (Lipinski definition) is 0. The predicted molar refractivity (Wildman–Crippen MR) is 68.1 cm³/mol. The average molecular weight is 237 g/mol.